The summed E-state index contributed by atoms with van der Waals surface area (Å²) >= 11 is 1.54. The van der Waals surface area contributed by atoms with Gasteiger partial charge in [-0.25, -0.2) is 4.98 Å². The molecular formula is C21H28N4O2S. The van der Waals surface area contributed by atoms with Gasteiger partial charge in [0.2, 0.25) is 10.8 Å². The highest BCUT2D eigenvalue weighted by atomic mass is 32.1. The Balaban J connectivity index is 1.76. The smallest absolute Gasteiger partial charge is 0.230 e. The molecule has 1 aliphatic heterocycles. The predicted molar refractivity (Wildman–Crippen MR) is 111 cm³/mol. The third-order valence-corrected chi connectivity index (χ3v) is 6.44. The van der Waals surface area contributed by atoms with Crippen molar-refractivity contribution < 1.29 is 9.84 Å². The predicted octanol–water partition coefficient (Wildman–Crippen LogP) is 4.28. The molecule has 6 nitrogen and oxygen atoms in total. The van der Waals surface area contributed by atoms with E-state index in [2.05, 4.69) is 34.0 Å². The van der Waals surface area contributed by atoms with Crippen LogP contribution < -0.4 is 4.74 Å². The summed E-state index contributed by atoms with van der Waals surface area (Å²) in [5.41, 5.74) is 1.16. The van der Waals surface area contributed by atoms with Gasteiger partial charge in [0.15, 0.2) is 5.82 Å². The molecule has 2 aromatic heterocycles. The summed E-state index contributed by atoms with van der Waals surface area (Å²) in [4.78, 5) is 8.71. The van der Waals surface area contributed by atoms with E-state index in [0.717, 1.165) is 46.5 Å². The van der Waals surface area contributed by atoms with Crippen molar-refractivity contribution in [2.45, 2.75) is 46.1 Å². The van der Waals surface area contributed by atoms with Gasteiger partial charge in [-0.05, 0) is 49.9 Å². The van der Waals surface area contributed by atoms with E-state index in [-0.39, 0.29) is 11.9 Å². The highest BCUT2D eigenvalue weighted by Crippen LogP contribution is 2.41. The standard InChI is InChI=1S/C21H28N4O2S/c1-4-17-22-21-25(23-17)20(26)19(28-21)18(24-12-6-7-14(3)13-24)15-8-10-16(11-9-15)27-5-2/h8-11,14,18,26H,4-7,12-13H2,1-3H3/t14-,18-/m0/s1. The molecule has 0 amide bonds. The van der Waals surface area contributed by atoms with Crippen LogP contribution in [0.4, 0.5) is 0 Å². The van der Waals surface area contributed by atoms with Crippen LogP contribution in [0.3, 0.4) is 0 Å². The molecule has 3 heterocycles. The van der Waals surface area contributed by atoms with Crippen LogP contribution in [0.2, 0.25) is 0 Å². The zero-order valence-electron chi connectivity index (χ0n) is 16.8. The van der Waals surface area contributed by atoms with E-state index in [1.807, 2.05) is 26.0 Å². The lowest BCUT2D eigenvalue weighted by Crippen LogP contribution is -2.37. The molecule has 0 radical (unpaired) electrons. The number of likely N-dealkylation sites (tertiary alicyclic amines) is 1. The number of hydrogen-bond donors (Lipinski definition) is 1. The van der Waals surface area contributed by atoms with Crippen LogP contribution in [0.15, 0.2) is 24.3 Å². The molecule has 1 N–H and O–H groups in total. The van der Waals surface area contributed by atoms with Gasteiger partial charge in [-0.1, -0.05) is 37.3 Å². The minimum absolute atomic E-state index is 0.00277. The molecule has 0 aliphatic carbocycles. The zero-order valence-corrected chi connectivity index (χ0v) is 17.6. The van der Waals surface area contributed by atoms with Gasteiger partial charge in [0.1, 0.15) is 5.75 Å². The topological polar surface area (TPSA) is 62.9 Å². The minimum Gasteiger partial charge on any atom is -0.494 e. The van der Waals surface area contributed by atoms with Crippen molar-refractivity contribution in [3.8, 4) is 11.6 Å². The van der Waals surface area contributed by atoms with E-state index in [4.69, 9.17) is 4.74 Å². The first kappa shape index (κ1) is 19.2. The van der Waals surface area contributed by atoms with E-state index in [0.29, 0.717) is 12.5 Å². The number of nitrogens with zero attached hydrogens (tertiary/aromatic N) is 4. The number of hydrogen-bond acceptors (Lipinski definition) is 6. The first-order valence-electron chi connectivity index (χ1n) is 10.1. The highest BCUT2D eigenvalue weighted by molar-refractivity contribution is 7.17. The summed E-state index contributed by atoms with van der Waals surface area (Å²) < 4.78 is 7.20. The maximum Gasteiger partial charge on any atom is 0.230 e. The molecular weight excluding hydrogens is 372 g/mol. The number of benzene rings is 1. The summed E-state index contributed by atoms with van der Waals surface area (Å²) in [5, 5.41) is 15.4. The fourth-order valence-electron chi connectivity index (χ4n) is 4.02. The third-order valence-electron chi connectivity index (χ3n) is 5.37. The normalized spacial score (nSPS) is 19.2. The first-order valence-corrected chi connectivity index (χ1v) is 11.0. The number of rotatable bonds is 6. The summed E-state index contributed by atoms with van der Waals surface area (Å²) in [6.07, 6.45) is 3.19. The monoisotopic (exact) mass is 400 g/mol. The van der Waals surface area contributed by atoms with E-state index in [9.17, 15) is 5.11 Å². The zero-order chi connectivity index (χ0) is 19.7. The second kappa shape index (κ2) is 8.09. The van der Waals surface area contributed by atoms with Crippen molar-refractivity contribution >= 4 is 16.3 Å². The molecule has 3 aromatic rings. The average Bonchev–Trinajstić information content (AvgIpc) is 3.23. The number of thiazole rings is 1. The summed E-state index contributed by atoms with van der Waals surface area (Å²) in [7, 11) is 0. The van der Waals surface area contributed by atoms with E-state index in [1.54, 1.807) is 4.52 Å². The molecule has 1 fully saturated rings. The Hall–Kier alpha value is -2.12. The summed E-state index contributed by atoms with van der Waals surface area (Å²) in [6, 6.07) is 8.26. The fraction of sp³-hybridized carbons (Fsp3) is 0.524. The van der Waals surface area contributed by atoms with Crippen LogP contribution in [-0.4, -0.2) is 44.3 Å². The number of aromatic hydroxyl groups is 1. The number of aromatic nitrogens is 3. The van der Waals surface area contributed by atoms with E-state index >= 15 is 0 Å². The Labute approximate surface area is 169 Å². The maximum absolute atomic E-state index is 11.0. The van der Waals surface area contributed by atoms with Crippen molar-refractivity contribution in [2.75, 3.05) is 19.7 Å². The van der Waals surface area contributed by atoms with Crippen molar-refractivity contribution in [3.05, 3.63) is 40.5 Å². The molecule has 150 valence electrons. The van der Waals surface area contributed by atoms with Gasteiger partial charge in [-0.3, -0.25) is 4.90 Å². The molecule has 0 spiro atoms. The third kappa shape index (κ3) is 3.61. The van der Waals surface area contributed by atoms with Gasteiger partial charge in [0, 0.05) is 13.0 Å². The molecule has 0 saturated carbocycles. The molecule has 1 aromatic carbocycles. The number of aryl methyl sites for hydroxylation is 1. The van der Waals surface area contributed by atoms with Crippen LogP contribution in [-0.2, 0) is 6.42 Å². The lowest BCUT2D eigenvalue weighted by atomic mass is 9.95. The minimum atomic E-state index is -0.00277. The number of ether oxygens (including phenoxy) is 1. The van der Waals surface area contributed by atoms with Gasteiger partial charge in [-0.2, -0.15) is 4.52 Å². The molecule has 28 heavy (non-hydrogen) atoms. The molecule has 1 aliphatic rings. The van der Waals surface area contributed by atoms with Crippen LogP contribution in [0.1, 0.15) is 55.9 Å². The highest BCUT2D eigenvalue weighted by Gasteiger charge is 2.31. The van der Waals surface area contributed by atoms with Gasteiger partial charge >= 0.3 is 0 Å². The van der Waals surface area contributed by atoms with E-state index in [1.165, 1.54) is 24.2 Å². The largest absolute Gasteiger partial charge is 0.494 e. The second-order valence-electron chi connectivity index (χ2n) is 7.51. The van der Waals surface area contributed by atoms with Gasteiger partial charge in [0.25, 0.3) is 0 Å². The van der Waals surface area contributed by atoms with Gasteiger partial charge in [0.05, 0.1) is 17.5 Å². The van der Waals surface area contributed by atoms with E-state index < -0.39 is 0 Å². The number of piperidine rings is 1. The van der Waals surface area contributed by atoms with Crippen LogP contribution in [0.5, 0.6) is 11.6 Å². The van der Waals surface area contributed by atoms with Crippen LogP contribution in [0.25, 0.3) is 4.96 Å². The Morgan fingerprint density at radius 3 is 2.71 bits per heavy atom. The molecule has 2 atom stereocenters. The first-order chi connectivity index (χ1) is 13.6. The van der Waals surface area contributed by atoms with Gasteiger partial charge in [-0.15, -0.1) is 5.10 Å². The van der Waals surface area contributed by atoms with Crippen molar-refractivity contribution in [1.29, 1.82) is 0 Å². The Bertz CT molecular complexity index is 934. The van der Waals surface area contributed by atoms with Crippen molar-refractivity contribution in [1.82, 2.24) is 19.5 Å². The quantitative estimate of drug-likeness (QED) is 0.669. The number of fused-ring (bicyclic) bond motifs is 1. The molecule has 7 heteroatoms. The fourth-order valence-corrected chi connectivity index (χ4v) is 5.16. The van der Waals surface area contributed by atoms with Gasteiger partial charge < -0.3 is 9.84 Å². The lowest BCUT2D eigenvalue weighted by molar-refractivity contribution is 0.149. The Kier molecular flexibility index (Phi) is 5.55. The summed E-state index contributed by atoms with van der Waals surface area (Å²) in [6.45, 7) is 9.01. The molecule has 0 unspecified atom stereocenters. The average molecular weight is 401 g/mol. The molecule has 1 saturated heterocycles. The summed E-state index contributed by atoms with van der Waals surface area (Å²) in [5.74, 6) is 2.49. The SMILES string of the molecule is CCOc1ccc([C@@H](c2sc3nc(CC)nn3c2O)N2CCC[C@H](C)C2)cc1. The van der Waals surface area contributed by atoms with Crippen LogP contribution >= 0.6 is 11.3 Å². The molecule has 4 rings (SSSR count). The van der Waals surface area contributed by atoms with Crippen molar-refractivity contribution in [2.24, 2.45) is 5.92 Å². The Morgan fingerprint density at radius 1 is 1.29 bits per heavy atom. The lowest BCUT2D eigenvalue weighted by Gasteiger charge is -2.37. The maximum atomic E-state index is 11.0. The van der Waals surface area contributed by atoms with Crippen molar-refractivity contribution in [3.63, 3.8) is 0 Å². The molecule has 0 bridgehead atoms. The second-order valence-corrected chi connectivity index (χ2v) is 8.52. The Morgan fingerprint density at radius 2 is 2.07 bits per heavy atom. The van der Waals surface area contributed by atoms with Crippen LogP contribution in [0, 0.1) is 5.92 Å².